The first kappa shape index (κ1) is 13.4. The molecule has 4 unspecified atom stereocenters. The second-order valence-corrected chi connectivity index (χ2v) is 7.50. The highest BCUT2D eigenvalue weighted by atomic mass is 32.1. The third kappa shape index (κ3) is 2.20. The number of carbonyl (C=O) groups is 1. The first-order valence-electron chi connectivity index (χ1n) is 7.82. The summed E-state index contributed by atoms with van der Waals surface area (Å²) in [5.74, 6) is 9.66. The molecule has 3 aliphatic carbocycles. The van der Waals surface area contributed by atoms with Crippen LogP contribution in [-0.2, 0) is 11.3 Å². The van der Waals surface area contributed by atoms with Crippen molar-refractivity contribution in [1.82, 2.24) is 5.32 Å². The maximum absolute atomic E-state index is 12.4. The summed E-state index contributed by atoms with van der Waals surface area (Å²) in [6, 6.07) is 2.00. The average molecular weight is 300 g/mol. The van der Waals surface area contributed by atoms with Crippen molar-refractivity contribution < 1.29 is 4.79 Å². The van der Waals surface area contributed by atoms with E-state index in [2.05, 4.69) is 17.2 Å². The van der Waals surface area contributed by atoms with Gasteiger partial charge in [0.15, 0.2) is 0 Å². The first-order chi connectivity index (χ1) is 10.3. The van der Waals surface area contributed by atoms with E-state index in [4.69, 9.17) is 5.73 Å². The van der Waals surface area contributed by atoms with Crippen molar-refractivity contribution in [2.24, 2.45) is 35.3 Å². The monoisotopic (exact) mass is 300 g/mol. The van der Waals surface area contributed by atoms with Gasteiger partial charge in [0, 0.05) is 16.4 Å². The summed E-state index contributed by atoms with van der Waals surface area (Å²) in [6.07, 6.45) is 4.11. The fourth-order valence-electron chi connectivity index (χ4n) is 4.70. The van der Waals surface area contributed by atoms with Gasteiger partial charge in [-0.25, -0.2) is 0 Å². The molecule has 1 aromatic heterocycles. The van der Waals surface area contributed by atoms with E-state index in [0.717, 1.165) is 22.3 Å². The van der Waals surface area contributed by atoms with Gasteiger partial charge in [0.05, 0.1) is 13.1 Å². The fraction of sp³-hybridized carbons (Fsp3) is 0.588. The summed E-state index contributed by atoms with van der Waals surface area (Å²) in [4.78, 5) is 13.5. The van der Waals surface area contributed by atoms with Crippen molar-refractivity contribution >= 4 is 17.2 Å². The Balaban J connectivity index is 1.36. The molecule has 2 bridgehead atoms. The Morgan fingerprint density at radius 2 is 2.14 bits per heavy atom. The molecule has 0 aromatic carbocycles. The quantitative estimate of drug-likeness (QED) is 0.839. The van der Waals surface area contributed by atoms with Crippen LogP contribution in [0.15, 0.2) is 11.4 Å². The lowest BCUT2D eigenvalue weighted by atomic mass is 10.0. The van der Waals surface area contributed by atoms with E-state index in [-0.39, 0.29) is 5.91 Å². The van der Waals surface area contributed by atoms with E-state index >= 15 is 0 Å². The van der Waals surface area contributed by atoms with Gasteiger partial charge in [-0.15, -0.1) is 11.3 Å². The van der Waals surface area contributed by atoms with E-state index in [9.17, 15) is 4.79 Å². The molecule has 21 heavy (non-hydrogen) atoms. The number of fused-ring (bicyclic) bond motifs is 5. The van der Waals surface area contributed by atoms with Crippen molar-refractivity contribution in [2.75, 3.05) is 6.54 Å². The maximum atomic E-state index is 12.4. The largest absolute Gasteiger partial charge is 0.351 e. The van der Waals surface area contributed by atoms with Crippen molar-refractivity contribution in [3.05, 3.63) is 21.9 Å². The first-order valence-corrected chi connectivity index (χ1v) is 8.70. The van der Waals surface area contributed by atoms with Crippen LogP contribution in [0, 0.1) is 41.4 Å². The predicted octanol–water partition coefficient (Wildman–Crippen LogP) is 1.97. The standard InChI is InChI=1S/C17H20N2OS/c18-6-1-2-10-5-7-21-13(10)9-19-17(20)16-14-11-3-4-12(8-11)15(14)16/h5,7,11-12,14-16H,3-4,6,8-9,18H2,(H,19,20). The molecule has 3 fully saturated rings. The van der Waals surface area contributed by atoms with Crippen molar-refractivity contribution in [3.63, 3.8) is 0 Å². The molecule has 0 saturated heterocycles. The molecule has 4 atom stereocenters. The van der Waals surface area contributed by atoms with Crippen LogP contribution < -0.4 is 11.1 Å². The number of hydrogen-bond acceptors (Lipinski definition) is 3. The van der Waals surface area contributed by atoms with Gasteiger partial charge >= 0.3 is 0 Å². The molecular formula is C17H20N2OS. The summed E-state index contributed by atoms with van der Waals surface area (Å²) < 4.78 is 0. The Morgan fingerprint density at radius 3 is 2.86 bits per heavy atom. The Kier molecular flexibility index (Phi) is 3.28. The van der Waals surface area contributed by atoms with Crippen LogP contribution in [-0.4, -0.2) is 12.5 Å². The molecule has 3 aliphatic rings. The molecule has 1 heterocycles. The minimum absolute atomic E-state index is 0.271. The minimum atomic E-state index is 0.271. The van der Waals surface area contributed by atoms with E-state index in [0.29, 0.717) is 30.8 Å². The van der Waals surface area contributed by atoms with E-state index in [1.807, 2.05) is 11.4 Å². The van der Waals surface area contributed by atoms with E-state index in [1.54, 1.807) is 11.3 Å². The molecular weight excluding hydrogens is 280 g/mol. The summed E-state index contributed by atoms with van der Waals surface area (Å²) >= 11 is 1.65. The average Bonchev–Trinajstić information content (AvgIpc) is 2.85. The van der Waals surface area contributed by atoms with Crippen LogP contribution in [0.4, 0.5) is 0 Å². The number of carbonyl (C=O) groups excluding carboxylic acids is 1. The second-order valence-electron chi connectivity index (χ2n) is 6.49. The number of amides is 1. The summed E-state index contributed by atoms with van der Waals surface area (Å²) in [6.45, 7) is 0.978. The van der Waals surface area contributed by atoms with Crippen LogP contribution in [0.25, 0.3) is 0 Å². The molecule has 4 heteroatoms. The highest BCUT2D eigenvalue weighted by Crippen LogP contribution is 2.69. The van der Waals surface area contributed by atoms with Crippen LogP contribution in [0.3, 0.4) is 0 Å². The third-order valence-corrected chi connectivity index (χ3v) is 6.45. The normalized spacial score (nSPS) is 35.0. The lowest BCUT2D eigenvalue weighted by molar-refractivity contribution is -0.123. The Labute approximate surface area is 129 Å². The molecule has 1 aromatic rings. The Hall–Kier alpha value is -1.31. The molecule has 3 nitrogen and oxygen atoms in total. The maximum Gasteiger partial charge on any atom is 0.224 e. The Bertz CT molecular complexity index is 610. The van der Waals surface area contributed by atoms with E-state index in [1.165, 1.54) is 19.3 Å². The fourth-order valence-corrected chi connectivity index (χ4v) is 5.47. The molecule has 110 valence electrons. The minimum Gasteiger partial charge on any atom is -0.351 e. The van der Waals surface area contributed by atoms with Crippen LogP contribution in [0.1, 0.15) is 29.7 Å². The number of nitrogens with one attached hydrogen (secondary N) is 1. The van der Waals surface area contributed by atoms with Gasteiger partial charge in [0.25, 0.3) is 0 Å². The number of thiophene rings is 1. The number of nitrogens with two attached hydrogens (primary N) is 1. The molecule has 4 rings (SSSR count). The van der Waals surface area contributed by atoms with Crippen molar-refractivity contribution in [3.8, 4) is 11.8 Å². The highest BCUT2D eigenvalue weighted by molar-refractivity contribution is 7.10. The molecule has 3 saturated carbocycles. The molecule has 1 amide bonds. The van der Waals surface area contributed by atoms with Crippen molar-refractivity contribution in [1.29, 1.82) is 0 Å². The SMILES string of the molecule is NCC#Cc1ccsc1CNC(=O)C1C2C3CCC(C3)C12. The van der Waals surface area contributed by atoms with Gasteiger partial charge in [-0.05, 0) is 54.4 Å². The summed E-state index contributed by atoms with van der Waals surface area (Å²) in [5, 5.41) is 5.16. The van der Waals surface area contributed by atoms with E-state index < -0.39 is 0 Å². The summed E-state index contributed by atoms with van der Waals surface area (Å²) in [5.41, 5.74) is 6.41. The molecule has 0 radical (unpaired) electrons. The van der Waals surface area contributed by atoms with Crippen LogP contribution in [0.2, 0.25) is 0 Å². The molecule has 3 N–H and O–H groups in total. The number of hydrogen-bond donors (Lipinski definition) is 2. The zero-order valence-electron chi connectivity index (χ0n) is 12.0. The van der Waals surface area contributed by atoms with Crippen LogP contribution in [0.5, 0.6) is 0 Å². The molecule has 0 spiro atoms. The lowest BCUT2D eigenvalue weighted by Gasteiger charge is -2.09. The zero-order chi connectivity index (χ0) is 14.4. The predicted molar refractivity (Wildman–Crippen MR) is 83.4 cm³/mol. The molecule has 0 aliphatic heterocycles. The summed E-state index contributed by atoms with van der Waals surface area (Å²) in [7, 11) is 0. The lowest BCUT2D eigenvalue weighted by Crippen LogP contribution is -2.27. The highest BCUT2D eigenvalue weighted by Gasteiger charge is 2.67. The van der Waals surface area contributed by atoms with Gasteiger partial charge in [-0.1, -0.05) is 11.8 Å². The topological polar surface area (TPSA) is 55.1 Å². The van der Waals surface area contributed by atoms with Crippen molar-refractivity contribution in [2.45, 2.75) is 25.8 Å². The van der Waals surface area contributed by atoms with Gasteiger partial charge in [-0.2, -0.15) is 0 Å². The van der Waals surface area contributed by atoms with Gasteiger partial charge in [0.1, 0.15) is 0 Å². The van der Waals surface area contributed by atoms with Crippen LogP contribution >= 0.6 is 11.3 Å². The number of rotatable bonds is 3. The smallest absolute Gasteiger partial charge is 0.224 e. The Morgan fingerprint density at radius 1 is 1.38 bits per heavy atom. The van der Waals surface area contributed by atoms with Gasteiger partial charge in [-0.3, -0.25) is 4.79 Å². The second kappa shape index (κ2) is 5.15. The third-order valence-electron chi connectivity index (χ3n) is 5.53. The van der Waals surface area contributed by atoms with Gasteiger partial charge < -0.3 is 11.1 Å². The zero-order valence-corrected chi connectivity index (χ0v) is 12.8. The van der Waals surface area contributed by atoms with Gasteiger partial charge in [0.2, 0.25) is 5.91 Å².